The predicted octanol–water partition coefficient (Wildman–Crippen LogP) is 3.55. The van der Waals surface area contributed by atoms with Crippen LogP contribution in [0, 0.1) is 5.92 Å². The van der Waals surface area contributed by atoms with Crippen molar-refractivity contribution in [2.45, 2.75) is 33.4 Å². The van der Waals surface area contributed by atoms with Crippen LogP contribution in [0.3, 0.4) is 0 Å². The van der Waals surface area contributed by atoms with Crippen molar-refractivity contribution in [1.82, 2.24) is 19.7 Å². The van der Waals surface area contributed by atoms with E-state index < -0.39 is 0 Å². The Kier molecular flexibility index (Phi) is 4.73. The molecule has 3 rings (SSSR count). The fourth-order valence-electron chi connectivity index (χ4n) is 2.74. The lowest BCUT2D eigenvalue weighted by molar-refractivity contribution is 0.0706. The third-order valence-electron chi connectivity index (χ3n) is 3.87. The number of halogens is 2. The standard InChI is InChI=1S/C16H18BrClN4O/c1-10(2)7-14-19-20-15-9-21(5-6-22(14)15)16(23)12-4-3-11(17)8-13(12)18/h3-4,8,10H,5-7,9H2,1-2H3. The van der Waals surface area contributed by atoms with E-state index in [1.807, 2.05) is 6.07 Å². The molecule has 0 saturated heterocycles. The second-order valence-electron chi connectivity index (χ2n) is 6.13. The Morgan fingerprint density at radius 1 is 1.35 bits per heavy atom. The molecule has 0 atom stereocenters. The molecule has 0 saturated carbocycles. The number of amides is 1. The van der Waals surface area contributed by atoms with E-state index in [-0.39, 0.29) is 5.91 Å². The van der Waals surface area contributed by atoms with Crippen LogP contribution in [0.15, 0.2) is 22.7 Å². The predicted molar refractivity (Wildman–Crippen MR) is 92.5 cm³/mol. The first-order chi connectivity index (χ1) is 11.0. The third kappa shape index (κ3) is 3.43. The average molecular weight is 398 g/mol. The van der Waals surface area contributed by atoms with E-state index in [2.05, 4.69) is 44.5 Å². The summed E-state index contributed by atoms with van der Waals surface area (Å²) in [4.78, 5) is 14.5. The third-order valence-corrected chi connectivity index (χ3v) is 4.68. The van der Waals surface area contributed by atoms with E-state index in [1.165, 1.54) is 0 Å². The summed E-state index contributed by atoms with van der Waals surface area (Å²) in [6.07, 6.45) is 0.902. The van der Waals surface area contributed by atoms with Crippen molar-refractivity contribution in [2.24, 2.45) is 5.92 Å². The molecule has 0 aliphatic carbocycles. The molecule has 0 bridgehead atoms. The molecule has 1 aromatic carbocycles. The minimum Gasteiger partial charge on any atom is -0.329 e. The Labute approximate surface area is 148 Å². The number of carbonyl (C=O) groups excluding carboxylic acids is 1. The van der Waals surface area contributed by atoms with Gasteiger partial charge in [0.1, 0.15) is 5.82 Å². The van der Waals surface area contributed by atoms with Crippen molar-refractivity contribution in [3.8, 4) is 0 Å². The van der Waals surface area contributed by atoms with Crippen molar-refractivity contribution in [3.05, 3.63) is 44.9 Å². The summed E-state index contributed by atoms with van der Waals surface area (Å²) < 4.78 is 2.99. The summed E-state index contributed by atoms with van der Waals surface area (Å²) in [7, 11) is 0. The molecular formula is C16H18BrClN4O. The molecule has 5 nitrogen and oxygen atoms in total. The molecule has 2 aromatic rings. The van der Waals surface area contributed by atoms with Gasteiger partial charge in [-0.2, -0.15) is 0 Å². The highest BCUT2D eigenvalue weighted by molar-refractivity contribution is 9.10. The molecule has 7 heteroatoms. The van der Waals surface area contributed by atoms with Crippen LogP contribution in [0.2, 0.25) is 5.02 Å². The number of hydrogen-bond donors (Lipinski definition) is 0. The van der Waals surface area contributed by atoms with Gasteiger partial charge < -0.3 is 9.47 Å². The van der Waals surface area contributed by atoms with Crippen LogP contribution in [0.5, 0.6) is 0 Å². The van der Waals surface area contributed by atoms with Gasteiger partial charge in [0.05, 0.1) is 17.1 Å². The quantitative estimate of drug-likeness (QED) is 0.796. The van der Waals surface area contributed by atoms with Gasteiger partial charge in [0.2, 0.25) is 0 Å². The monoisotopic (exact) mass is 396 g/mol. The first-order valence-corrected chi connectivity index (χ1v) is 8.78. The lowest BCUT2D eigenvalue weighted by atomic mass is 10.1. The van der Waals surface area contributed by atoms with Crippen LogP contribution in [0.4, 0.5) is 0 Å². The van der Waals surface area contributed by atoms with Crippen LogP contribution < -0.4 is 0 Å². The smallest absolute Gasteiger partial charge is 0.255 e. The summed E-state index contributed by atoms with van der Waals surface area (Å²) in [6.45, 7) is 6.16. The maximum Gasteiger partial charge on any atom is 0.255 e. The van der Waals surface area contributed by atoms with E-state index in [0.717, 1.165) is 29.1 Å². The number of fused-ring (bicyclic) bond motifs is 1. The first-order valence-electron chi connectivity index (χ1n) is 7.61. The molecule has 0 N–H and O–H groups in total. The fourth-order valence-corrected chi connectivity index (χ4v) is 3.49. The van der Waals surface area contributed by atoms with E-state index in [4.69, 9.17) is 11.6 Å². The van der Waals surface area contributed by atoms with Crippen molar-refractivity contribution >= 4 is 33.4 Å². The highest BCUT2D eigenvalue weighted by atomic mass is 79.9. The maximum absolute atomic E-state index is 12.7. The van der Waals surface area contributed by atoms with Gasteiger partial charge in [-0.1, -0.05) is 41.4 Å². The maximum atomic E-state index is 12.7. The van der Waals surface area contributed by atoms with Crippen LogP contribution in [-0.2, 0) is 19.5 Å². The van der Waals surface area contributed by atoms with Crippen LogP contribution in [0.25, 0.3) is 0 Å². The van der Waals surface area contributed by atoms with Crippen LogP contribution >= 0.6 is 27.5 Å². The van der Waals surface area contributed by atoms with Gasteiger partial charge in [-0.3, -0.25) is 4.79 Å². The molecule has 1 aromatic heterocycles. The highest BCUT2D eigenvalue weighted by Gasteiger charge is 2.26. The van der Waals surface area contributed by atoms with Crippen molar-refractivity contribution in [2.75, 3.05) is 6.54 Å². The SMILES string of the molecule is CC(C)Cc1nnc2n1CCN(C(=O)c1ccc(Br)cc1Cl)C2. The summed E-state index contributed by atoms with van der Waals surface area (Å²) >= 11 is 9.55. The Bertz CT molecular complexity index is 744. The van der Waals surface area contributed by atoms with Gasteiger partial charge >= 0.3 is 0 Å². The van der Waals surface area contributed by atoms with Gasteiger partial charge in [0.25, 0.3) is 5.91 Å². The van der Waals surface area contributed by atoms with Gasteiger partial charge in [-0.25, -0.2) is 0 Å². The molecule has 0 fully saturated rings. The molecule has 1 aliphatic heterocycles. The van der Waals surface area contributed by atoms with Crippen LogP contribution in [0.1, 0.15) is 35.9 Å². The Balaban J connectivity index is 1.79. The zero-order chi connectivity index (χ0) is 16.6. The summed E-state index contributed by atoms with van der Waals surface area (Å²) in [6, 6.07) is 5.31. The zero-order valence-electron chi connectivity index (χ0n) is 13.1. The molecule has 23 heavy (non-hydrogen) atoms. The molecule has 0 radical (unpaired) electrons. The highest BCUT2D eigenvalue weighted by Crippen LogP contribution is 2.24. The summed E-state index contributed by atoms with van der Waals surface area (Å²) in [5, 5.41) is 8.98. The minimum atomic E-state index is -0.0674. The first kappa shape index (κ1) is 16.5. The van der Waals surface area contributed by atoms with Gasteiger partial charge in [0, 0.05) is 24.0 Å². The molecule has 0 unspecified atom stereocenters. The topological polar surface area (TPSA) is 51.0 Å². The second kappa shape index (κ2) is 6.61. The molecule has 2 heterocycles. The normalized spacial score (nSPS) is 14.2. The number of hydrogen-bond acceptors (Lipinski definition) is 3. The number of rotatable bonds is 3. The van der Waals surface area contributed by atoms with Crippen molar-refractivity contribution in [1.29, 1.82) is 0 Å². The lowest BCUT2D eigenvalue weighted by Gasteiger charge is -2.28. The number of nitrogens with zero attached hydrogens (tertiary/aromatic N) is 4. The molecule has 1 aliphatic rings. The minimum absolute atomic E-state index is 0.0674. The lowest BCUT2D eigenvalue weighted by Crippen LogP contribution is -2.39. The van der Waals surface area contributed by atoms with Gasteiger partial charge in [-0.15, -0.1) is 10.2 Å². The average Bonchev–Trinajstić information content (AvgIpc) is 2.88. The summed E-state index contributed by atoms with van der Waals surface area (Å²) in [5.41, 5.74) is 0.519. The Morgan fingerprint density at radius 2 is 2.13 bits per heavy atom. The molecule has 1 amide bonds. The molecule has 0 spiro atoms. The second-order valence-corrected chi connectivity index (χ2v) is 7.46. The fraction of sp³-hybridized carbons (Fsp3) is 0.438. The van der Waals surface area contributed by atoms with Gasteiger partial charge in [-0.05, 0) is 24.1 Å². The Hall–Kier alpha value is -1.40. The number of benzene rings is 1. The van der Waals surface area contributed by atoms with E-state index in [0.29, 0.717) is 29.6 Å². The number of aromatic nitrogens is 3. The largest absolute Gasteiger partial charge is 0.329 e. The number of carbonyl (C=O) groups is 1. The van der Waals surface area contributed by atoms with E-state index in [1.54, 1.807) is 17.0 Å². The van der Waals surface area contributed by atoms with Gasteiger partial charge in [0.15, 0.2) is 5.82 Å². The van der Waals surface area contributed by atoms with E-state index in [9.17, 15) is 4.79 Å². The summed E-state index contributed by atoms with van der Waals surface area (Å²) in [5.74, 6) is 2.31. The van der Waals surface area contributed by atoms with Crippen molar-refractivity contribution < 1.29 is 4.79 Å². The van der Waals surface area contributed by atoms with Crippen molar-refractivity contribution in [3.63, 3.8) is 0 Å². The zero-order valence-corrected chi connectivity index (χ0v) is 15.4. The molecule has 122 valence electrons. The molecular weight excluding hydrogens is 380 g/mol. The van der Waals surface area contributed by atoms with E-state index >= 15 is 0 Å². The van der Waals surface area contributed by atoms with Crippen LogP contribution in [-0.4, -0.2) is 32.1 Å². The Morgan fingerprint density at radius 3 is 2.83 bits per heavy atom.